The molecule has 0 aliphatic carbocycles. The largest absolute Gasteiger partial charge is 0.316 e. The lowest BCUT2D eigenvalue weighted by Gasteiger charge is -2.07. The third-order valence-electron chi connectivity index (χ3n) is 2.52. The molecule has 7 heteroatoms. The van der Waals surface area contributed by atoms with E-state index in [0.717, 1.165) is 0 Å². The van der Waals surface area contributed by atoms with Gasteiger partial charge in [0.15, 0.2) is 0 Å². The van der Waals surface area contributed by atoms with E-state index in [1.165, 1.54) is 24.3 Å². The number of amides is 1. The van der Waals surface area contributed by atoms with Crippen molar-refractivity contribution < 1.29 is 9.72 Å². The number of hydrogen-bond donors (Lipinski definition) is 1. The Balaban J connectivity index is 2.33. The number of benzene rings is 2. The molecule has 2 aromatic carbocycles. The minimum absolute atomic E-state index is 0.134. The molecule has 2 rings (SSSR count). The number of rotatable bonds is 3. The Labute approximate surface area is 127 Å². The second kappa shape index (κ2) is 6.02. The van der Waals surface area contributed by atoms with Gasteiger partial charge in [-0.15, -0.1) is 0 Å². The second-order valence-corrected chi connectivity index (χ2v) is 5.14. The molecule has 1 N–H and O–H groups in total. The second-order valence-electron chi connectivity index (χ2n) is 3.85. The van der Waals surface area contributed by atoms with Crippen LogP contribution in [-0.2, 0) is 0 Å². The van der Waals surface area contributed by atoms with E-state index in [-0.39, 0.29) is 11.4 Å². The standard InChI is InChI=1S/C13H8BrClN2O3/c14-10-6-5-8(15)7-9(10)13(18)16-11-3-1-2-4-12(11)17(19)20/h1-7H,(H,16,18). The summed E-state index contributed by atoms with van der Waals surface area (Å²) in [4.78, 5) is 22.5. The Morgan fingerprint density at radius 2 is 1.95 bits per heavy atom. The van der Waals surface area contributed by atoms with Gasteiger partial charge in [0.1, 0.15) is 5.69 Å². The Morgan fingerprint density at radius 1 is 1.25 bits per heavy atom. The molecule has 0 radical (unpaired) electrons. The van der Waals surface area contributed by atoms with Gasteiger partial charge >= 0.3 is 0 Å². The number of nitro groups is 1. The number of carbonyl (C=O) groups is 1. The summed E-state index contributed by atoms with van der Waals surface area (Å²) in [5.74, 6) is -0.478. The molecule has 0 bridgehead atoms. The SMILES string of the molecule is O=C(Nc1ccccc1[N+](=O)[O-])c1cc(Cl)ccc1Br. The van der Waals surface area contributed by atoms with Crippen LogP contribution in [0.3, 0.4) is 0 Å². The first-order valence-corrected chi connectivity index (χ1v) is 6.66. The molecule has 0 unspecified atom stereocenters. The molecular weight excluding hydrogens is 348 g/mol. The lowest BCUT2D eigenvalue weighted by atomic mass is 10.2. The maximum Gasteiger partial charge on any atom is 0.292 e. The molecule has 20 heavy (non-hydrogen) atoms. The normalized spacial score (nSPS) is 10.1. The van der Waals surface area contributed by atoms with Gasteiger partial charge in [0.05, 0.1) is 10.5 Å². The topological polar surface area (TPSA) is 72.2 Å². The van der Waals surface area contributed by atoms with Crippen molar-refractivity contribution in [2.24, 2.45) is 0 Å². The van der Waals surface area contributed by atoms with Gasteiger partial charge in [-0.05, 0) is 40.2 Å². The highest BCUT2D eigenvalue weighted by Crippen LogP contribution is 2.26. The molecule has 0 saturated carbocycles. The van der Waals surface area contributed by atoms with Crippen LogP contribution in [-0.4, -0.2) is 10.8 Å². The Morgan fingerprint density at radius 3 is 2.65 bits per heavy atom. The maximum atomic E-state index is 12.1. The fourth-order valence-electron chi connectivity index (χ4n) is 1.60. The van der Waals surface area contributed by atoms with Crippen molar-refractivity contribution in [3.63, 3.8) is 0 Å². The van der Waals surface area contributed by atoms with E-state index in [0.29, 0.717) is 15.1 Å². The van der Waals surface area contributed by atoms with Crippen molar-refractivity contribution in [3.8, 4) is 0 Å². The lowest BCUT2D eigenvalue weighted by Crippen LogP contribution is -2.13. The summed E-state index contributed by atoms with van der Waals surface area (Å²) in [5.41, 5.74) is 0.268. The molecule has 1 amide bonds. The van der Waals surface area contributed by atoms with Crippen molar-refractivity contribution in [1.29, 1.82) is 0 Å². The van der Waals surface area contributed by atoms with E-state index in [2.05, 4.69) is 21.2 Å². The van der Waals surface area contributed by atoms with Crippen LogP contribution >= 0.6 is 27.5 Å². The lowest BCUT2D eigenvalue weighted by molar-refractivity contribution is -0.383. The third-order valence-corrected chi connectivity index (χ3v) is 3.45. The zero-order valence-electron chi connectivity index (χ0n) is 9.97. The van der Waals surface area contributed by atoms with Gasteiger partial charge in [-0.3, -0.25) is 14.9 Å². The Bertz CT molecular complexity index is 691. The Hall–Kier alpha value is -1.92. The molecule has 2 aromatic rings. The van der Waals surface area contributed by atoms with Crippen LogP contribution in [0.5, 0.6) is 0 Å². The minimum Gasteiger partial charge on any atom is -0.316 e. The van der Waals surface area contributed by atoms with Gasteiger partial charge < -0.3 is 5.32 Å². The van der Waals surface area contributed by atoms with Gasteiger partial charge in [0.2, 0.25) is 0 Å². The zero-order valence-corrected chi connectivity index (χ0v) is 12.3. The summed E-state index contributed by atoms with van der Waals surface area (Å²) in [6.45, 7) is 0. The van der Waals surface area contributed by atoms with E-state index in [1.807, 2.05) is 0 Å². The number of nitro benzene ring substituents is 1. The molecule has 0 saturated heterocycles. The molecular formula is C13H8BrClN2O3. The van der Waals surface area contributed by atoms with Crippen LogP contribution < -0.4 is 5.32 Å². The van der Waals surface area contributed by atoms with E-state index >= 15 is 0 Å². The van der Waals surface area contributed by atoms with Crippen LogP contribution in [0.2, 0.25) is 5.02 Å². The van der Waals surface area contributed by atoms with Gasteiger partial charge in [-0.1, -0.05) is 23.7 Å². The summed E-state index contributed by atoms with van der Waals surface area (Å²) in [5, 5.41) is 13.8. The summed E-state index contributed by atoms with van der Waals surface area (Å²) in [7, 11) is 0. The predicted octanol–water partition coefficient (Wildman–Crippen LogP) is 4.26. The van der Waals surface area contributed by atoms with Crippen LogP contribution in [0.4, 0.5) is 11.4 Å². The van der Waals surface area contributed by atoms with Gasteiger partial charge in [-0.2, -0.15) is 0 Å². The molecule has 0 atom stereocenters. The molecule has 5 nitrogen and oxygen atoms in total. The van der Waals surface area contributed by atoms with Crippen LogP contribution in [0, 0.1) is 10.1 Å². The van der Waals surface area contributed by atoms with E-state index < -0.39 is 10.8 Å². The maximum absolute atomic E-state index is 12.1. The van der Waals surface area contributed by atoms with Crippen molar-refractivity contribution in [1.82, 2.24) is 0 Å². The fourth-order valence-corrected chi connectivity index (χ4v) is 2.20. The first kappa shape index (κ1) is 14.5. The Kier molecular flexibility index (Phi) is 4.36. The van der Waals surface area contributed by atoms with Crippen LogP contribution in [0.25, 0.3) is 0 Å². The smallest absolute Gasteiger partial charge is 0.292 e. The van der Waals surface area contributed by atoms with E-state index in [4.69, 9.17) is 11.6 Å². The fraction of sp³-hybridized carbons (Fsp3) is 0. The number of anilines is 1. The van der Waals surface area contributed by atoms with Gasteiger partial charge in [0, 0.05) is 15.6 Å². The number of nitrogens with zero attached hydrogens (tertiary/aromatic N) is 1. The van der Waals surface area contributed by atoms with E-state index in [1.54, 1.807) is 18.2 Å². The first-order chi connectivity index (χ1) is 9.49. The zero-order chi connectivity index (χ0) is 14.7. The third kappa shape index (κ3) is 3.15. The summed E-state index contributed by atoms with van der Waals surface area (Å²) in [6, 6.07) is 10.7. The van der Waals surface area contributed by atoms with Crippen molar-refractivity contribution in [2.45, 2.75) is 0 Å². The number of hydrogen-bond acceptors (Lipinski definition) is 3. The molecule has 0 spiro atoms. The minimum atomic E-state index is -0.553. The molecule has 0 aliphatic rings. The van der Waals surface area contributed by atoms with Gasteiger partial charge in [0.25, 0.3) is 11.6 Å². The van der Waals surface area contributed by atoms with E-state index in [9.17, 15) is 14.9 Å². The molecule has 0 heterocycles. The number of para-hydroxylation sites is 2. The predicted molar refractivity (Wildman–Crippen MR) is 80.2 cm³/mol. The van der Waals surface area contributed by atoms with Gasteiger partial charge in [-0.25, -0.2) is 0 Å². The summed E-state index contributed by atoms with van der Waals surface area (Å²) >= 11 is 9.08. The number of nitrogens with one attached hydrogen (secondary N) is 1. The number of carbonyl (C=O) groups excluding carboxylic acids is 1. The molecule has 0 aromatic heterocycles. The number of halogens is 2. The molecule has 102 valence electrons. The summed E-state index contributed by atoms with van der Waals surface area (Å²) < 4.78 is 0.554. The van der Waals surface area contributed by atoms with Crippen molar-refractivity contribution in [2.75, 3.05) is 5.32 Å². The average Bonchev–Trinajstić information content (AvgIpc) is 2.41. The highest BCUT2D eigenvalue weighted by atomic mass is 79.9. The van der Waals surface area contributed by atoms with Crippen molar-refractivity contribution in [3.05, 3.63) is 67.6 Å². The average molecular weight is 356 g/mol. The quantitative estimate of drug-likeness (QED) is 0.660. The summed E-state index contributed by atoms with van der Waals surface area (Å²) in [6.07, 6.45) is 0. The monoisotopic (exact) mass is 354 g/mol. The highest BCUT2D eigenvalue weighted by molar-refractivity contribution is 9.10. The first-order valence-electron chi connectivity index (χ1n) is 5.49. The van der Waals surface area contributed by atoms with Crippen molar-refractivity contribution >= 4 is 44.8 Å². The van der Waals surface area contributed by atoms with Crippen LogP contribution in [0.15, 0.2) is 46.9 Å². The highest BCUT2D eigenvalue weighted by Gasteiger charge is 2.17. The molecule has 0 aliphatic heterocycles. The molecule has 0 fully saturated rings. The van der Waals surface area contributed by atoms with Crippen LogP contribution in [0.1, 0.15) is 10.4 Å².